The van der Waals surface area contributed by atoms with Crippen LogP contribution < -0.4 is 15.9 Å². The number of halogens is 1. The number of nitriles is 1. The summed E-state index contributed by atoms with van der Waals surface area (Å²) in [7, 11) is 5.01. The number of nitrogens with zero attached hydrogens (tertiary/aromatic N) is 6. The van der Waals surface area contributed by atoms with Crippen LogP contribution in [0.2, 0.25) is 0 Å². The molecule has 2 N–H and O–H groups in total. The summed E-state index contributed by atoms with van der Waals surface area (Å²) in [4.78, 5) is 19.1. The molecule has 2 saturated heterocycles. The average molecular weight is 520 g/mol. The van der Waals surface area contributed by atoms with Crippen LogP contribution >= 0.6 is 20.6 Å². The first-order chi connectivity index (χ1) is 17.5. The molecule has 7 rings (SSSR count). The van der Waals surface area contributed by atoms with E-state index >= 15 is 0 Å². The maximum atomic E-state index is 14.7. The quantitative estimate of drug-likeness (QED) is 0.403. The molecule has 0 saturated carbocycles. The van der Waals surface area contributed by atoms with E-state index in [0.29, 0.717) is 41.1 Å². The van der Waals surface area contributed by atoms with Crippen molar-refractivity contribution in [3.8, 4) is 17.3 Å². The Balaban J connectivity index is 1.48. The Labute approximate surface area is 213 Å². The highest BCUT2D eigenvalue weighted by Gasteiger charge is 2.42. The summed E-state index contributed by atoms with van der Waals surface area (Å²) in [5, 5.41) is 12.3. The van der Waals surface area contributed by atoms with E-state index in [0.717, 1.165) is 76.1 Å². The Morgan fingerprint density at radius 3 is 2.83 bits per heavy atom. The molecule has 3 aromatic heterocycles. The summed E-state index contributed by atoms with van der Waals surface area (Å²) in [6, 6.07) is 3.11. The molecular formula is C25H23FN7OPS. The summed E-state index contributed by atoms with van der Waals surface area (Å²) >= 11 is 1.08. The average Bonchev–Trinajstić information content (AvgIpc) is 3.65. The number of benzene rings is 1. The SMILES string of the molecule is CN1CCC2C1CCN2c1ncc2c3c(c(-c4ncc(F)c5sc(N)c(C#N)c45)c(P)c2n1)COC3. The zero-order chi connectivity index (χ0) is 24.7. The molecule has 0 aliphatic carbocycles. The molecule has 0 spiro atoms. The van der Waals surface area contributed by atoms with Gasteiger partial charge in [0.25, 0.3) is 0 Å². The molecule has 3 aliphatic heterocycles. The summed E-state index contributed by atoms with van der Waals surface area (Å²) in [6.45, 7) is 2.85. The molecule has 6 heterocycles. The second-order valence-electron chi connectivity index (χ2n) is 9.67. The van der Waals surface area contributed by atoms with Crippen molar-refractivity contribution in [2.75, 3.05) is 30.8 Å². The van der Waals surface area contributed by atoms with Gasteiger partial charge in [-0.15, -0.1) is 20.6 Å². The zero-order valence-electron chi connectivity index (χ0n) is 19.6. The number of thiophene rings is 1. The molecule has 0 bridgehead atoms. The maximum absolute atomic E-state index is 14.7. The molecule has 3 atom stereocenters. The van der Waals surface area contributed by atoms with Gasteiger partial charge in [0.1, 0.15) is 11.1 Å². The van der Waals surface area contributed by atoms with E-state index in [-0.39, 0.29) is 10.6 Å². The highest BCUT2D eigenvalue weighted by molar-refractivity contribution is 7.29. The number of likely N-dealkylation sites (tertiary alicyclic amines) is 1. The van der Waals surface area contributed by atoms with Crippen molar-refractivity contribution in [3.05, 3.63) is 34.9 Å². The van der Waals surface area contributed by atoms with Gasteiger partial charge >= 0.3 is 0 Å². The second-order valence-corrected chi connectivity index (χ2v) is 11.3. The van der Waals surface area contributed by atoms with Crippen molar-refractivity contribution >= 4 is 57.8 Å². The third-order valence-corrected chi connectivity index (χ3v) is 9.53. The number of ether oxygens (including phenoxy) is 1. The summed E-state index contributed by atoms with van der Waals surface area (Å²) in [6.07, 6.45) is 5.32. The van der Waals surface area contributed by atoms with Crippen LogP contribution in [0.25, 0.3) is 32.2 Å². The third kappa shape index (κ3) is 2.97. The van der Waals surface area contributed by atoms with Crippen molar-refractivity contribution in [2.24, 2.45) is 0 Å². The number of rotatable bonds is 2. The van der Waals surface area contributed by atoms with Gasteiger partial charge in [-0.3, -0.25) is 4.98 Å². The lowest BCUT2D eigenvalue weighted by Crippen LogP contribution is -2.36. The highest BCUT2D eigenvalue weighted by atomic mass is 32.1. The molecule has 8 nitrogen and oxygen atoms in total. The minimum atomic E-state index is -0.485. The number of hydrogen-bond donors (Lipinski definition) is 1. The van der Waals surface area contributed by atoms with Gasteiger partial charge in [0.2, 0.25) is 5.95 Å². The van der Waals surface area contributed by atoms with Crippen LogP contribution in [-0.2, 0) is 18.0 Å². The molecular weight excluding hydrogens is 496 g/mol. The normalized spacial score (nSPS) is 21.4. The van der Waals surface area contributed by atoms with E-state index in [2.05, 4.69) is 37.1 Å². The second kappa shape index (κ2) is 8.02. The van der Waals surface area contributed by atoms with Crippen LogP contribution in [0, 0.1) is 17.1 Å². The number of nitrogens with two attached hydrogens (primary N) is 1. The highest BCUT2D eigenvalue weighted by Crippen LogP contribution is 2.43. The number of anilines is 2. The van der Waals surface area contributed by atoms with Gasteiger partial charge in [0.05, 0.1) is 40.9 Å². The minimum Gasteiger partial charge on any atom is -0.389 e. The minimum absolute atomic E-state index is 0.256. The zero-order valence-corrected chi connectivity index (χ0v) is 21.6. The topological polar surface area (TPSA) is 104 Å². The van der Waals surface area contributed by atoms with Crippen LogP contribution in [-0.4, -0.2) is 52.1 Å². The lowest BCUT2D eigenvalue weighted by Gasteiger charge is -2.25. The van der Waals surface area contributed by atoms with E-state index in [1.165, 1.54) is 6.20 Å². The van der Waals surface area contributed by atoms with Gasteiger partial charge in [-0.1, -0.05) is 0 Å². The van der Waals surface area contributed by atoms with Crippen molar-refractivity contribution in [3.63, 3.8) is 0 Å². The van der Waals surface area contributed by atoms with Gasteiger partial charge in [-0.05, 0) is 31.0 Å². The van der Waals surface area contributed by atoms with Gasteiger partial charge in [0, 0.05) is 53.0 Å². The number of pyridine rings is 1. The summed E-state index contributed by atoms with van der Waals surface area (Å²) < 4.78 is 20.9. The Hall–Kier alpha value is -2.96. The Morgan fingerprint density at radius 2 is 2.00 bits per heavy atom. The Morgan fingerprint density at radius 1 is 1.19 bits per heavy atom. The molecule has 2 fully saturated rings. The first-order valence-corrected chi connectivity index (χ1v) is 13.3. The number of likely N-dealkylation sites (N-methyl/N-ethyl adjacent to an activating group) is 1. The standard InChI is InChI=1S/C25H23FN7OPS/c1-32-4-2-17-16(32)3-5-33(17)25-30-7-12-13-9-34-10-14(13)18(22(35)20(12)31-25)21-19-11(6-27)24(28)36-23(19)15(26)8-29-21/h7-8,16-17H,2-5,9-10,28,35H2,1H3. The molecule has 1 aromatic carbocycles. The van der Waals surface area contributed by atoms with Crippen molar-refractivity contribution in [1.82, 2.24) is 19.9 Å². The first-order valence-electron chi connectivity index (χ1n) is 11.9. The van der Waals surface area contributed by atoms with Crippen LogP contribution in [0.5, 0.6) is 0 Å². The molecule has 36 heavy (non-hydrogen) atoms. The van der Waals surface area contributed by atoms with Crippen LogP contribution in [0.3, 0.4) is 0 Å². The summed E-state index contributed by atoms with van der Waals surface area (Å²) in [5.41, 5.74) is 10.5. The van der Waals surface area contributed by atoms with E-state index in [1.54, 1.807) is 0 Å². The first kappa shape index (κ1) is 22.3. The molecule has 11 heteroatoms. The number of aromatic nitrogens is 3. The van der Waals surface area contributed by atoms with Crippen molar-refractivity contribution < 1.29 is 9.13 Å². The Bertz CT molecular complexity index is 1630. The predicted molar refractivity (Wildman–Crippen MR) is 142 cm³/mol. The molecule has 3 aliphatic rings. The van der Waals surface area contributed by atoms with E-state index in [1.807, 2.05) is 6.20 Å². The number of hydrogen-bond acceptors (Lipinski definition) is 9. The number of nitrogen functional groups attached to an aromatic ring is 1. The van der Waals surface area contributed by atoms with Crippen LogP contribution in [0.4, 0.5) is 15.3 Å². The fourth-order valence-corrected chi connectivity index (χ4v) is 7.67. The molecule has 0 amide bonds. The third-order valence-electron chi connectivity index (χ3n) is 7.94. The lowest BCUT2D eigenvalue weighted by molar-refractivity contribution is 0.135. The van der Waals surface area contributed by atoms with E-state index in [4.69, 9.17) is 20.4 Å². The molecule has 0 radical (unpaired) electrons. The molecule has 3 unspecified atom stereocenters. The predicted octanol–water partition coefficient (Wildman–Crippen LogP) is 3.31. The lowest BCUT2D eigenvalue weighted by atomic mass is 9.94. The van der Waals surface area contributed by atoms with Crippen molar-refractivity contribution in [1.29, 1.82) is 5.26 Å². The van der Waals surface area contributed by atoms with E-state index in [9.17, 15) is 9.65 Å². The molecule has 4 aromatic rings. The van der Waals surface area contributed by atoms with E-state index < -0.39 is 5.82 Å². The van der Waals surface area contributed by atoms with Crippen LogP contribution in [0.15, 0.2) is 12.4 Å². The van der Waals surface area contributed by atoms with Gasteiger partial charge in [-0.2, -0.15) is 5.26 Å². The van der Waals surface area contributed by atoms with Gasteiger partial charge in [-0.25, -0.2) is 14.4 Å². The van der Waals surface area contributed by atoms with Gasteiger partial charge in [0.15, 0.2) is 5.82 Å². The fourth-order valence-electron chi connectivity index (χ4n) is 6.22. The van der Waals surface area contributed by atoms with Crippen molar-refractivity contribution in [2.45, 2.75) is 38.1 Å². The number of fused-ring (bicyclic) bond motifs is 5. The Kier molecular flexibility index (Phi) is 4.96. The van der Waals surface area contributed by atoms with Gasteiger partial charge < -0.3 is 20.3 Å². The fraction of sp³-hybridized carbons (Fsp3) is 0.360. The largest absolute Gasteiger partial charge is 0.389 e. The summed E-state index contributed by atoms with van der Waals surface area (Å²) in [5.74, 6) is 0.245. The smallest absolute Gasteiger partial charge is 0.226 e. The monoisotopic (exact) mass is 519 g/mol. The van der Waals surface area contributed by atoms with Crippen LogP contribution in [0.1, 0.15) is 29.5 Å². The molecule has 182 valence electrons. The maximum Gasteiger partial charge on any atom is 0.226 e.